The number of nitrogens with one attached hydrogen (secondary N) is 3. The number of halogens is 1. The smallest absolute Gasteiger partial charge is 0.323 e. The monoisotopic (exact) mass is 583 g/mol. The number of hydrogen-bond acceptors (Lipinski definition) is 5. The van der Waals surface area contributed by atoms with Gasteiger partial charge in [0, 0.05) is 54.8 Å². The lowest BCUT2D eigenvalue weighted by Gasteiger charge is -2.38. The number of para-hydroxylation sites is 2. The first-order chi connectivity index (χ1) is 20.5. The van der Waals surface area contributed by atoms with E-state index in [1.807, 2.05) is 60.7 Å². The summed E-state index contributed by atoms with van der Waals surface area (Å²) in [5.41, 5.74) is 4.68. The van der Waals surface area contributed by atoms with Gasteiger partial charge in [0.25, 0.3) is 5.91 Å². The van der Waals surface area contributed by atoms with Crippen LogP contribution in [-0.4, -0.2) is 51.8 Å². The van der Waals surface area contributed by atoms with Gasteiger partial charge in [-0.05, 0) is 66.6 Å². The summed E-state index contributed by atoms with van der Waals surface area (Å²) in [5, 5.41) is 9.30. The number of piperazine rings is 1. The summed E-state index contributed by atoms with van der Waals surface area (Å²) in [6.07, 6.45) is 0.723. The van der Waals surface area contributed by atoms with E-state index in [2.05, 4.69) is 31.8 Å². The Morgan fingerprint density at radius 2 is 1.38 bits per heavy atom. The quantitative estimate of drug-likeness (QED) is 0.216. The van der Waals surface area contributed by atoms with Gasteiger partial charge in [-0.1, -0.05) is 54.1 Å². The first-order valence-corrected chi connectivity index (χ1v) is 14.3. The first kappa shape index (κ1) is 28.8. The summed E-state index contributed by atoms with van der Waals surface area (Å²) in [5.74, 6) is 0.659. The zero-order valence-corrected chi connectivity index (χ0v) is 24.2. The van der Waals surface area contributed by atoms with Crippen LogP contribution >= 0.6 is 11.6 Å². The average molecular weight is 584 g/mol. The number of hydrogen-bond donors (Lipinski definition) is 3. The minimum Gasteiger partial charge on any atom is -0.495 e. The van der Waals surface area contributed by atoms with Gasteiger partial charge >= 0.3 is 6.03 Å². The molecule has 3 N–H and O–H groups in total. The molecule has 4 aromatic rings. The van der Waals surface area contributed by atoms with Crippen molar-refractivity contribution in [3.8, 4) is 5.75 Å². The summed E-state index contributed by atoms with van der Waals surface area (Å²) in [6, 6.07) is 30.0. The van der Waals surface area contributed by atoms with Crippen molar-refractivity contribution in [1.82, 2.24) is 5.32 Å². The van der Waals surface area contributed by atoms with Gasteiger partial charge in [-0.3, -0.25) is 4.79 Å². The number of ether oxygens (including phenoxy) is 1. The van der Waals surface area contributed by atoms with Gasteiger partial charge in [0.1, 0.15) is 5.75 Å². The molecular formula is C33H34ClN5O3. The highest BCUT2D eigenvalue weighted by Gasteiger charge is 2.24. The standard InChI is InChI=1S/C33H34ClN5O3/c1-42-31-10-6-5-9-30(31)39-21-19-38(20-22-39)29-16-15-27(37-33(41)36-26-13-11-25(34)12-14-26)23-28(29)32(40)35-18-17-24-7-3-2-4-8-24/h2-16,23H,17-22H2,1H3,(H,35,40)(H2,36,37,41). The van der Waals surface area contributed by atoms with Crippen molar-refractivity contribution in [2.45, 2.75) is 6.42 Å². The SMILES string of the molecule is COc1ccccc1N1CCN(c2ccc(NC(=O)Nc3ccc(Cl)cc3)cc2C(=O)NCCc2ccccc2)CC1. The Morgan fingerprint density at radius 3 is 2.10 bits per heavy atom. The predicted molar refractivity (Wildman–Crippen MR) is 170 cm³/mol. The number of carbonyl (C=O) groups is 2. The fourth-order valence-electron chi connectivity index (χ4n) is 5.04. The molecule has 1 heterocycles. The van der Waals surface area contributed by atoms with E-state index in [9.17, 15) is 9.59 Å². The number of benzene rings is 4. The van der Waals surface area contributed by atoms with Crippen LogP contribution in [0.1, 0.15) is 15.9 Å². The van der Waals surface area contributed by atoms with Crippen LogP contribution < -0.4 is 30.5 Å². The number of nitrogens with zero attached hydrogens (tertiary/aromatic N) is 2. The summed E-state index contributed by atoms with van der Waals surface area (Å²) in [4.78, 5) is 30.7. The molecule has 0 aromatic heterocycles. The van der Waals surface area contributed by atoms with E-state index < -0.39 is 6.03 Å². The highest BCUT2D eigenvalue weighted by molar-refractivity contribution is 6.30. The van der Waals surface area contributed by atoms with Crippen LogP contribution in [0.25, 0.3) is 0 Å². The fraction of sp³-hybridized carbons (Fsp3) is 0.212. The third-order valence-corrected chi connectivity index (χ3v) is 7.44. The zero-order chi connectivity index (χ0) is 29.3. The second-order valence-corrected chi connectivity index (χ2v) is 10.4. The maximum absolute atomic E-state index is 13.5. The molecule has 3 amide bonds. The maximum atomic E-state index is 13.5. The van der Waals surface area contributed by atoms with Gasteiger partial charge in [0.15, 0.2) is 0 Å². The van der Waals surface area contributed by atoms with Crippen LogP contribution in [0.5, 0.6) is 5.75 Å². The van der Waals surface area contributed by atoms with E-state index in [0.29, 0.717) is 28.5 Å². The van der Waals surface area contributed by atoms with Crippen molar-refractivity contribution in [3.63, 3.8) is 0 Å². The van der Waals surface area contributed by atoms with Crippen molar-refractivity contribution in [2.75, 3.05) is 60.3 Å². The van der Waals surface area contributed by atoms with Gasteiger partial charge in [-0.15, -0.1) is 0 Å². The maximum Gasteiger partial charge on any atom is 0.323 e. The van der Waals surface area contributed by atoms with Crippen LogP contribution in [0.15, 0.2) is 97.1 Å². The Bertz CT molecular complexity index is 1510. The fourth-order valence-corrected chi connectivity index (χ4v) is 5.16. The Kier molecular flexibility index (Phi) is 9.46. The van der Waals surface area contributed by atoms with E-state index in [-0.39, 0.29) is 5.91 Å². The highest BCUT2D eigenvalue weighted by atomic mass is 35.5. The first-order valence-electron chi connectivity index (χ1n) is 13.9. The number of methoxy groups -OCH3 is 1. The predicted octanol–water partition coefficient (Wildman–Crippen LogP) is 6.29. The van der Waals surface area contributed by atoms with Crippen molar-refractivity contribution in [2.24, 2.45) is 0 Å². The van der Waals surface area contributed by atoms with Gasteiger partial charge in [0.2, 0.25) is 0 Å². The molecule has 0 aliphatic carbocycles. The van der Waals surface area contributed by atoms with E-state index in [0.717, 1.165) is 55.3 Å². The summed E-state index contributed by atoms with van der Waals surface area (Å²) >= 11 is 5.95. The zero-order valence-electron chi connectivity index (χ0n) is 23.5. The molecule has 9 heteroatoms. The van der Waals surface area contributed by atoms with Gasteiger partial charge in [-0.25, -0.2) is 4.79 Å². The van der Waals surface area contributed by atoms with Crippen LogP contribution in [0.2, 0.25) is 5.02 Å². The number of rotatable bonds is 9. The summed E-state index contributed by atoms with van der Waals surface area (Å²) in [7, 11) is 1.68. The lowest BCUT2D eigenvalue weighted by atomic mass is 10.1. The Balaban J connectivity index is 1.31. The lowest BCUT2D eigenvalue weighted by molar-refractivity contribution is 0.0954. The highest BCUT2D eigenvalue weighted by Crippen LogP contribution is 2.31. The molecule has 8 nitrogen and oxygen atoms in total. The molecule has 0 atom stereocenters. The molecule has 1 saturated heterocycles. The van der Waals surface area contributed by atoms with Crippen molar-refractivity contribution >= 4 is 46.3 Å². The normalized spacial score (nSPS) is 12.9. The number of carbonyl (C=O) groups excluding carboxylic acids is 2. The van der Waals surface area contributed by atoms with Gasteiger partial charge in [-0.2, -0.15) is 0 Å². The minimum atomic E-state index is -0.411. The summed E-state index contributed by atoms with van der Waals surface area (Å²) in [6.45, 7) is 3.51. The largest absolute Gasteiger partial charge is 0.495 e. The Morgan fingerprint density at radius 1 is 0.762 bits per heavy atom. The van der Waals surface area contributed by atoms with Crippen LogP contribution in [0, 0.1) is 0 Å². The number of amides is 3. The average Bonchev–Trinajstić information content (AvgIpc) is 3.02. The van der Waals surface area contributed by atoms with E-state index in [1.165, 1.54) is 0 Å². The van der Waals surface area contributed by atoms with Crippen molar-refractivity contribution < 1.29 is 14.3 Å². The second-order valence-electron chi connectivity index (χ2n) is 9.96. The van der Waals surface area contributed by atoms with Crippen molar-refractivity contribution in [1.29, 1.82) is 0 Å². The molecule has 0 bridgehead atoms. The minimum absolute atomic E-state index is 0.185. The summed E-state index contributed by atoms with van der Waals surface area (Å²) < 4.78 is 5.56. The topological polar surface area (TPSA) is 85.9 Å². The third-order valence-electron chi connectivity index (χ3n) is 7.19. The third kappa shape index (κ3) is 7.33. The van der Waals surface area contributed by atoms with Crippen molar-refractivity contribution in [3.05, 3.63) is 113 Å². The Hall–Kier alpha value is -4.69. The van der Waals surface area contributed by atoms with Crippen LogP contribution in [-0.2, 0) is 6.42 Å². The molecule has 1 aliphatic rings. The molecule has 0 saturated carbocycles. The molecule has 1 fully saturated rings. The van der Waals surface area contributed by atoms with E-state index in [1.54, 1.807) is 37.4 Å². The molecule has 4 aromatic carbocycles. The van der Waals surface area contributed by atoms with Crippen LogP contribution in [0.4, 0.5) is 27.5 Å². The molecule has 0 unspecified atom stereocenters. The Labute approximate surface area is 251 Å². The second kappa shape index (κ2) is 13.8. The van der Waals surface area contributed by atoms with Crippen LogP contribution in [0.3, 0.4) is 0 Å². The van der Waals surface area contributed by atoms with Gasteiger partial charge in [0.05, 0.1) is 18.4 Å². The molecule has 0 spiro atoms. The van der Waals surface area contributed by atoms with E-state index in [4.69, 9.17) is 16.3 Å². The molecule has 0 radical (unpaired) electrons. The van der Waals surface area contributed by atoms with Gasteiger partial charge < -0.3 is 30.5 Å². The molecule has 5 rings (SSSR count). The number of urea groups is 1. The molecule has 42 heavy (non-hydrogen) atoms. The number of anilines is 4. The molecule has 216 valence electrons. The lowest BCUT2D eigenvalue weighted by Crippen LogP contribution is -2.47. The molecular weight excluding hydrogens is 550 g/mol. The molecule has 1 aliphatic heterocycles. The van der Waals surface area contributed by atoms with E-state index >= 15 is 0 Å².